The van der Waals surface area contributed by atoms with E-state index in [1.165, 1.54) is 6.33 Å². The Bertz CT molecular complexity index is 574. The van der Waals surface area contributed by atoms with Crippen molar-refractivity contribution < 1.29 is 0 Å². The van der Waals surface area contributed by atoms with Gasteiger partial charge in [0.1, 0.15) is 12.0 Å². The number of anilines is 2. The molecule has 0 saturated heterocycles. The number of nitrogens with zero attached hydrogens (tertiary/aromatic N) is 2. The molecule has 2 rings (SSSR count). The zero-order valence-electron chi connectivity index (χ0n) is 9.12. The predicted molar refractivity (Wildman–Crippen MR) is 75.2 cm³/mol. The van der Waals surface area contributed by atoms with Gasteiger partial charge in [-0.3, -0.25) is 0 Å². The van der Waals surface area contributed by atoms with E-state index < -0.39 is 0 Å². The summed E-state index contributed by atoms with van der Waals surface area (Å²) in [4.78, 5) is 7.77. The third-order valence-corrected chi connectivity index (χ3v) is 3.32. The summed E-state index contributed by atoms with van der Waals surface area (Å²) in [6.45, 7) is 0.508. The zero-order valence-corrected chi connectivity index (χ0v) is 11.4. The summed E-state index contributed by atoms with van der Waals surface area (Å²) in [5.41, 5.74) is 7.01. The molecule has 1 aromatic carbocycles. The van der Waals surface area contributed by atoms with Gasteiger partial charge in [0.15, 0.2) is 11.0 Å². The number of nitrogens with one attached hydrogen (secondary N) is 1. The summed E-state index contributed by atoms with van der Waals surface area (Å²) in [6.07, 6.45) is 1.34. The van der Waals surface area contributed by atoms with E-state index in [1.54, 1.807) is 12.1 Å². The van der Waals surface area contributed by atoms with Crippen LogP contribution in [0, 0.1) is 0 Å². The van der Waals surface area contributed by atoms with Crippen LogP contribution in [-0.2, 0) is 6.54 Å². The van der Waals surface area contributed by atoms with Crippen molar-refractivity contribution in [3.05, 3.63) is 45.3 Å². The van der Waals surface area contributed by atoms with Gasteiger partial charge in [0.05, 0.1) is 10.0 Å². The molecule has 0 spiro atoms. The molecule has 0 bridgehead atoms. The summed E-state index contributed by atoms with van der Waals surface area (Å²) < 4.78 is 0. The molecule has 0 atom stereocenters. The first kappa shape index (κ1) is 13.2. The first-order valence-corrected chi connectivity index (χ1v) is 6.15. The molecule has 1 heterocycles. The summed E-state index contributed by atoms with van der Waals surface area (Å²) >= 11 is 17.5. The normalized spacial score (nSPS) is 10.4. The number of hydrogen-bond donors (Lipinski definition) is 2. The SMILES string of the molecule is Nc1c(Cl)ncnc1NCc1ccc(Cl)c(Cl)c1. The van der Waals surface area contributed by atoms with Crippen molar-refractivity contribution in [3.63, 3.8) is 0 Å². The Morgan fingerprint density at radius 2 is 1.89 bits per heavy atom. The molecule has 18 heavy (non-hydrogen) atoms. The molecule has 0 aliphatic carbocycles. The van der Waals surface area contributed by atoms with Crippen molar-refractivity contribution in [2.45, 2.75) is 6.54 Å². The average molecular weight is 304 g/mol. The van der Waals surface area contributed by atoms with Crippen LogP contribution in [0.3, 0.4) is 0 Å². The van der Waals surface area contributed by atoms with Crippen LogP contribution in [-0.4, -0.2) is 9.97 Å². The molecule has 0 aliphatic heterocycles. The van der Waals surface area contributed by atoms with E-state index in [0.717, 1.165) is 5.56 Å². The first-order valence-electron chi connectivity index (χ1n) is 5.01. The standard InChI is InChI=1S/C11H9Cl3N4/c12-7-2-1-6(3-8(7)13)4-16-11-9(15)10(14)17-5-18-11/h1-3,5H,4,15H2,(H,16,17,18). The summed E-state index contributed by atoms with van der Waals surface area (Å²) in [5, 5.41) is 4.30. The second kappa shape index (κ2) is 5.61. The topological polar surface area (TPSA) is 63.8 Å². The van der Waals surface area contributed by atoms with E-state index >= 15 is 0 Å². The van der Waals surface area contributed by atoms with E-state index in [4.69, 9.17) is 40.5 Å². The second-order valence-corrected chi connectivity index (χ2v) is 4.70. The van der Waals surface area contributed by atoms with Gasteiger partial charge >= 0.3 is 0 Å². The Morgan fingerprint density at radius 1 is 1.11 bits per heavy atom. The fourth-order valence-corrected chi connectivity index (χ4v) is 1.80. The Kier molecular flexibility index (Phi) is 4.11. The molecule has 0 radical (unpaired) electrons. The summed E-state index contributed by atoms with van der Waals surface area (Å²) in [6, 6.07) is 5.37. The molecule has 0 amide bonds. The first-order chi connectivity index (χ1) is 8.58. The number of nitrogens with two attached hydrogens (primary N) is 1. The fourth-order valence-electron chi connectivity index (χ4n) is 1.35. The van der Waals surface area contributed by atoms with Gasteiger partial charge in [-0.2, -0.15) is 0 Å². The largest absolute Gasteiger partial charge is 0.393 e. The minimum atomic E-state index is 0.224. The fraction of sp³-hybridized carbons (Fsp3) is 0.0909. The quantitative estimate of drug-likeness (QED) is 0.850. The smallest absolute Gasteiger partial charge is 0.157 e. The van der Waals surface area contributed by atoms with Gasteiger partial charge in [-0.05, 0) is 17.7 Å². The molecule has 0 unspecified atom stereocenters. The van der Waals surface area contributed by atoms with Crippen LogP contribution in [0.25, 0.3) is 0 Å². The van der Waals surface area contributed by atoms with Crippen molar-refractivity contribution in [2.24, 2.45) is 0 Å². The van der Waals surface area contributed by atoms with Crippen molar-refractivity contribution >= 4 is 46.3 Å². The maximum absolute atomic E-state index is 5.92. The van der Waals surface area contributed by atoms with Crippen LogP contribution in [0.2, 0.25) is 15.2 Å². The lowest BCUT2D eigenvalue weighted by Crippen LogP contribution is -2.05. The third kappa shape index (κ3) is 2.96. The van der Waals surface area contributed by atoms with Gasteiger partial charge in [-0.15, -0.1) is 0 Å². The number of aromatic nitrogens is 2. The van der Waals surface area contributed by atoms with Gasteiger partial charge in [-0.1, -0.05) is 40.9 Å². The molecule has 7 heteroatoms. The Balaban J connectivity index is 2.11. The molecular formula is C11H9Cl3N4. The van der Waals surface area contributed by atoms with E-state index in [-0.39, 0.29) is 5.15 Å². The van der Waals surface area contributed by atoms with E-state index in [2.05, 4.69) is 15.3 Å². The average Bonchev–Trinajstić information content (AvgIpc) is 2.35. The van der Waals surface area contributed by atoms with Gasteiger partial charge in [-0.25, -0.2) is 9.97 Å². The number of halogens is 3. The number of hydrogen-bond acceptors (Lipinski definition) is 4. The molecule has 3 N–H and O–H groups in total. The third-order valence-electron chi connectivity index (χ3n) is 2.28. The lowest BCUT2D eigenvalue weighted by molar-refractivity contribution is 1.08. The van der Waals surface area contributed by atoms with Crippen LogP contribution >= 0.6 is 34.8 Å². The van der Waals surface area contributed by atoms with Gasteiger partial charge in [0, 0.05) is 6.54 Å². The molecule has 1 aromatic heterocycles. The second-order valence-electron chi connectivity index (χ2n) is 3.53. The van der Waals surface area contributed by atoms with E-state index in [1.807, 2.05) is 6.07 Å². The summed E-state index contributed by atoms with van der Waals surface area (Å²) in [7, 11) is 0. The lowest BCUT2D eigenvalue weighted by Gasteiger charge is -2.09. The highest BCUT2D eigenvalue weighted by atomic mass is 35.5. The minimum Gasteiger partial charge on any atom is -0.393 e. The van der Waals surface area contributed by atoms with Gasteiger partial charge < -0.3 is 11.1 Å². The minimum absolute atomic E-state index is 0.224. The van der Waals surface area contributed by atoms with Crippen LogP contribution < -0.4 is 11.1 Å². The molecule has 2 aromatic rings. The Morgan fingerprint density at radius 3 is 2.61 bits per heavy atom. The van der Waals surface area contributed by atoms with Crippen LogP contribution in [0.5, 0.6) is 0 Å². The molecule has 0 fully saturated rings. The maximum atomic E-state index is 5.92. The molecule has 4 nitrogen and oxygen atoms in total. The van der Waals surface area contributed by atoms with E-state index in [0.29, 0.717) is 28.1 Å². The van der Waals surface area contributed by atoms with Crippen molar-refractivity contribution in [3.8, 4) is 0 Å². The highest BCUT2D eigenvalue weighted by molar-refractivity contribution is 6.42. The van der Waals surface area contributed by atoms with Gasteiger partial charge in [0.25, 0.3) is 0 Å². The van der Waals surface area contributed by atoms with Crippen molar-refractivity contribution in [1.29, 1.82) is 0 Å². The number of benzene rings is 1. The monoisotopic (exact) mass is 302 g/mol. The number of rotatable bonds is 3. The highest BCUT2D eigenvalue weighted by Gasteiger charge is 2.06. The van der Waals surface area contributed by atoms with E-state index in [9.17, 15) is 0 Å². The van der Waals surface area contributed by atoms with Crippen molar-refractivity contribution in [1.82, 2.24) is 9.97 Å². The molecular weight excluding hydrogens is 295 g/mol. The van der Waals surface area contributed by atoms with Crippen LogP contribution in [0.15, 0.2) is 24.5 Å². The van der Waals surface area contributed by atoms with Crippen LogP contribution in [0.4, 0.5) is 11.5 Å². The maximum Gasteiger partial charge on any atom is 0.157 e. The molecule has 0 aliphatic rings. The van der Waals surface area contributed by atoms with Gasteiger partial charge in [0.2, 0.25) is 0 Å². The highest BCUT2D eigenvalue weighted by Crippen LogP contribution is 2.25. The van der Waals surface area contributed by atoms with Crippen LogP contribution in [0.1, 0.15) is 5.56 Å². The Hall–Kier alpha value is -1.23. The lowest BCUT2D eigenvalue weighted by atomic mass is 10.2. The Labute approximate surface area is 119 Å². The zero-order chi connectivity index (χ0) is 13.1. The number of nitrogen functional groups attached to an aromatic ring is 1. The van der Waals surface area contributed by atoms with Crippen molar-refractivity contribution in [2.75, 3.05) is 11.1 Å². The predicted octanol–water partition coefficient (Wildman–Crippen LogP) is 3.63. The molecule has 94 valence electrons. The molecule has 0 saturated carbocycles. The summed E-state index contributed by atoms with van der Waals surface area (Å²) in [5.74, 6) is 0.487.